The zero-order valence-electron chi connectivity index (χ0n) is 9.78. The van der Waals surface area contributed by atoms with E-state index in [4.69, 9.17) is 14.2 Å². The van der Waals surface area contributed by atoms with Crippen molar-refractivity contribution in [1.29, 1.82) is 0 Å². The molecule has 6 heteroatoms. The van der Waals surface area contributed by atoms with Crippen molar-refractivity contribution in [2.75, 3.05) is 19.8 Å². The highest BCUT2D eigenvalue weighted by Gasteiger charge is 2.36. The number of isocyanates is 1. The van der Waals surface area contributed by atoms with Gasteiger partial charge in [-0.15, -0.1) is 0 Å². The summed E-state index contributed by atoms with van der Waals surface area (Å²) >= 11 is 0. The van der Waals surface area contributed by atoms with Gasteiger partial charge >= 0.3 is 0 Å². The van der Waals surface area contributed by atoms with Gasteiger partial charge in [-0.3, -0.25) is 0 Å². The van der Waals surface area contributed by atoms with Crippen molar-refractivity contribution in [3.63, 3.8) is 0 Å². The quantitative estimate of drug-likeness (QED) is 0.252. The predicted molar refractivity (Wildman–Crippen MR) is 59.5 cm³/mol. The lowest BCUT2D eigenvalue weighted by molar-refractivity contribution is -0.233. The summed E-state index contributed by atoms with van der Waals surface area (Å²) in [5, 5.41) is 0. The first-order chi connectivity index (χ1) is 7.14. The van der Waals surface area contributed by atoms with Crippen molar-refractivity contribution in [3.05, 3.63) is 0 Å². The Hall–Kier alpha value is -0.523. The molecule has 0 aliphatic rings. The normalized spacial score (nSPS) is 13.5. The van der Waals surface area contributed by atoms with Crippen LogP contribution in [0.1, 0.15) is 20.8 Å². The summed E-state index contributed by atoms with van der Waals surface area (Å²) in [7, 11) is 0.557. The molecule has 0 spiro atoms. The molecule has 0 amide bonds. The van der Waals surface area contributed by atoms with E-state index < -0.39 is 11.6 Å². The third kappa shape index (κ3) is 4.68. The Morgan fingerprint density at radius 1 is 1.27 bits per heavy atom. The largest absolute Gasteiger partial charge is 0.351 e. The number of nitrogens with zero attached hydrogens (tertiary/aromatic N) is 1. The van der Waals surface area contributed by atoms with E-state index in [1.165, 1.54) is 6.08 Å². The van der Waals surface area contributed by atoms with Crippen molar-refractivity contribution < 1.29 is 19.0 Å². The highest BCUT2D eigenvalue weighted by Crippen LogP contribution is 2.18. The maximum atomic E-state index is 10.3. The first kappa shape index (κ1) is 14.5. The topological polar surface area (TPSA) is 57.1 Å². The van der Waals surface area contributed by atoms with Crippen LogP contribution in [-0.2, 0) is 19.0 Å². The molecule has 0 saturated heterocycles. The minimum atomic E-state index is -0.892. The second-order valence-electron chi connectivity index (χ2n) is 2.91. The van der Waals surface area contributed by atoms with E-state index in [-0.39, 0.29) is 0 Å². The fourth-order valence-corrected chi connectivity index (χ4v) is 2.14. The summed E-state index contributed by atoms with van der Waals surface area (Å²) in [5.74, 6) is 0. The summed E-state index contributed by atoms with van der Waals surface area (Å²) in [6.45, 7) is 6.97. The van der Waals surface area contributed by atoms with Crippen LogP contribution in [0.5, 0.6) is 0 Å². The van der Waals surface area contributed by atoms with Gasteiger partial charge in [0.05, 0.1) is 10.2 Å². The maximum Gasteiger partial charge on any atom is 0.237 e. The smallest absolute Gasteiger partial charge is 0.237 e. The van der Waals surface area contributed by atoms with Gasteiger partial charge in [-0.2, -0.15) is 4.99 Å². The number of hydrogen-bond donors (Lipinski definition) is 0. The molecular formula is C9H19NO4Si. The van der Waals surface area contributed by atoms with Crippen LogP contribution >= 0.6 is 0 Å². The zero-order valence-corrected chi connectivity index (χ0v) is 11.8. The van der Waals surface area contributed by atoms with Crippen LogP contribution in [0.2, 0.25) is 0 Å². The summed E-state index contributed by atoms with van der Waals surface area (Å²) < 4.78 is 16.3. The van der Waals surface area contributed by atoms with Gasteiger partial charge in [-0.1, -0.05) is 0 Å². The molecule has 1 atom stereocenters. The standard InChI is InChI=1S/C9H19NO4Si/c1-4-12-8(10-7-11)9(15,13-5-2)14-6-3/h8H,4-6H2,1-3,15H3. The van der Waals surface area contributed by atoms with Gasteiger partial charge in [0.25, 0.3) is 0 Å². The Bertz CT molecular complexity index is 212. The van der Waals surface area contributed by atoms with Crippen molar-refractivity contribution in [2.24, 2.45) is 4.99 Å². The molecule has 88 valence electrons. The Labute approximate surface area is 93.2 Å². The molecule has 0 aliphatic heterocycles. The molecule has 0 N–H and O–H groups in total. The SMILES string of the molecule is CCOC(N=C=O)C([SiH3])(OCC)OCC. The Morgan fingerprint density at radius 2 is 1.80 bits per heavy atom. The second-order valence-corrected chi connectivity index (χ2v) is 4.30. The van der Waals surface area contributed by atoms with E-state index in [2.05, 4.69) is 4.99 Å². The molecule has 0 fully saturated rings. The van der Waals surface area contributed by atoms with Gasteiger partial charge in [0.1, 0.15) is 0 Å². The lowest BCUT2D eigenvalue weighted by atomic mass is 10.5. The first-order valence-corrected chi connectivity index (χ1v) is 6.11. The number of carbonyl (C=O) groups excluding carboxylic acids is 1. The zero-order chi connectivity index (χ0) is 11.7. The third-order valence-corrected chi connectivity index (χ3v) is 2.88. The van der Waals surface area contributed by atoms with Crippen LogP contribution in [0.25, 0.3) is 0 Å². The fourth-order valence-electron chi connectivity index (χ4n) is 1.27. The van der Waals surface area contributed by atoms with E-state index in [0.29, 0.717) is 30.1 Å². The molecule has 0 heterocycles. The van der Waals surface area contributed by atoms with Crippen molar-refractivity contribution >= 4 is 16.3 Å². The minimum Gasteiger partial charge on any atom is -0.351 e. The summed E-state index contributed by atoms with van der Waals surface area (Å²) in [5.41, 5.74) is -0.892. The fraction of sp³-hybridized carbons (Fsp3) is 0.889. The molecular weight excluding hydrogens is 214 g/mol. The molecule has 15 heavy (non-hydrogen) atoms. The molecule has 0 saturated carbocycles. The lowest BCUT2D eigenvalue weighted by Gasteiger charge is -2.33. The van der Waals surface area contributed by atoms with Gasteiger partial charge in [0, 0.05) is 19.8 Å². The van der Waals surface area contributed by atoms with Gasteiger partial charge in [-0.05, 0) is 20.8 Å². The molecule has 0 aromatic rings. The van der Waals surface area contributed by atoms with Crippen LogP contribution in [0.15, 0.2) is 4.99 Å². The Kier molecular flexibility index (Phi) is 7.46. The number of hydrogen-bond acceptors (Lipinski definition) is 5. The summed E-state index contributed by atoms with van der Waals surface area (Å²) in [6, 6.07) is 0. The Morgan fingerprint density at radius 3 is 2.13 bits per heavy atom. The monoisotopic (exact) mass is 233 g/mol. The van der Waals surface area contributed by atoms with E-state index in [9.17, 15) is 4.79 Å². The minimum absolute atomic E-state index is 0.444. The maximum absolute atomic E-state index is 10.3. The summed E-state index contributed by atoms with van der Waals surface area (Å²) in [6.07, 6.45) is 0.771. The highest BCUT2D eigenvalue weighted by molar-refractivity contribution is 6.13. The third-order valence-electron chi connectivity index (χ3n) is 1.80. The molecule has 0 aliphatic carbocycles. The van der Waals surface area contributed by atoms with Crippen molar-refractivity contribution in [2.45, 2.75) is 32.4 Å². The summed E-state index contributed by atoms with van der Waals surface area (Å²) in [4.78, 5) is 13.9. The van der Waals surface area contributed by atoms with E-state index in [0.717, 1.165) is 0 Å². The lowest BCUT2D eigenvalue weighted by Crippen LogP contribution is -2.48. The predicted octanol–water partition coefficient (Wildman–Crippen LogP) is -0.223. The molecule has 0 aromatic carbocycles. The van der Waals surface area contributed by atoms with E-state index >= 15 is 0 Å². The van der Waals surface area contributed by atoms with Gasteiger partial charge in [0.15, 0.2) is 5.41 Å². The van der Waals surface area contributed by atoms with Crippen LogP contribution in [0.3, 0.4) is 0 Å². The molecule has 0 bridgehead atoms. The van der Waals surface area contributed by atoms with Crippen LogP contribution in [-0.4, -0.2) is 47.8 Å². The van der Waals surface area contributed by atoms with Gasteiger partial charge in [-0.25, -0.2) is 4.79 Å². The molecule has 0 aromatic heterocycles. The first-order valence-electron chi connectivity index (χ1n) is 5.11. The number of aliphatic imine (C=N–C) groups is 1. The Balaban J connectivity index is 4.71. The van der Waals surface area contributed by atoms with Crippen LogP contribution in [0.4, 0.5) is 0 Å². The van der Waals surface area contributed by atoms with E-state index in [1.54, 1.807) is 0 Å². The molecule has 0 radical (unpaired) electrons. The molecule has 1 unspecified atom stereocenters. The molecule has 5 nitrogen and oxygen atoms in total. The second kappa shape index (κ2) is 7.73. The number of rotatable bonds is 8. The van der Waals surface area contributed by atoms with Gasteiger partial charge < -0.3 is 14.2 Å². The average molecular weight is 233 g/mol. The van der Waals surface area contributed by atoms with Crippen LogP contribution in [0, 0.1) is 0 Å². The van der Waals surface area contributed by atoms with Crippen molar-refractivity contribution in [1.82, 2.24) is 0 Å². The van der Waals surface area contributed by atoms with Gasteiger partial charge in [0.2, 0.25) is 12.3 Å². The highest BCUT2D eigenvalue weighted by atomic mass is 28.1. The number of ether oxygens (including phenoxy) is 3. The van der Waals surface area contributed by atoms with Crippen LogP contribution < -0.4 is 0 Å². The van der Waals surface area contributed by atoms with Crippen molar-refractivity contribution in [3.8, 4) is 0 Å². The van der Waals surface area contributed by atoms with E-state index in [1.807, 2.05) is 20.8 Å². The average Bonchev–Trinajstić information content (AvgIpc) is 2.18. The molecule has 0 rings (SSSR count).